The highest BCUT2D eigenvalue weighted by atomic mass is 35.5. The van der Waals surface area contributed by atoms with Crippen LogP contribution in [0, 0.1) is 0 Å². The van der Waals surface area contributed by atoms with Gasteiger partial charge >= 0.3 is 0 Å². The van der Waals surface area contributed by atoms with Crippen molar-refractivity contribution in [3.8, 4) is 0 Å². The molecule has 0 aliphatic rings. The molecule has 0 saturated heterocycles. The maximum Gasteiger partial charge on any atom is 0.125 e. The number of rotatable bonds is 3. The Morgan fingerprint density at radius 1 is 1.33 bits per heavy atom. The Labute approximate surface area is 118 Å². The first-order valence-electron chi connectivity index (χ1n) is 5.36. The smallest absolute Gasteiger partial charge is 0.125 e. The van der Waals surface area contributed by atoms with Crippen molar-refractivity contribution in [1.29, 1.82) is 0 Å². The summed E-state index contributed by atoms with van der Waals surface area (Å²) in [5.74, 6) is 1.23. The molecule has 3 aromatic rings. The Morgan fingerprint density at radius 3 is 2.94 bits per heavy atom. The van der Waals surface area contributed by atoms with Crippen LogP contribution in [0.3, 0.4) is 0 Å². The Morgan fingerprint density at radius 2 is 2.22 bits per heavy atom. The molecule has 0 fully saturated rings. The van der Waals surface area contributed by atoms with Gasteiger partial charge in [0.05, 0.1) is 29.0 Å². The van der Waals surface area contributed by atoms with Crippen LogP contribution in [0.4, 0.5) is 0 Å². The average molecular weight is 298 g/mol. The third kappa shape index (κ3) is 2.11. The molecule has 2 aromatic heterocycles. The highest BCUT2D eigenvalue weighted by Crippen LogP contribution is 2.23. The molecule has 0 radical (unpaired) electrons. The predicted octanol–water partition coefficient (Wildman–Crippen LogP) is 3.93. The lowest BCUT2D eigenvalue weighted by Crippen LogP contribution is -2.02. The summed E-state index contributed by atoms with van der Waals surface area (Å²) in [6, 6.07) is 5.67. The topological polar surface area (TPSA) is 30.7 Å². The van der Waals surface area contributed by atoms with Crippen molar-refractivity contribution in [2.24, 2.45) is 0 Å². The Balaban J connectivity index is 2.15. The average Bonchev–Trinajstić information content (AvgIpc) is 2.98. The van der Waals surface area contributed by atoms with Crippen molar-refractivity contribution in [2.45, 2.75) is 12.4 Å². The number of imidazole rings is 1. The van der Waals surface area contributed by atoms with E-state index in [0.717, 1.165) is 23.4 Å². The zero-order valence-corrected chi connectivity index (χ0v) is 11.6. The molecule has 0 bridgehead atoms. The molecule has 0 amide bonds. The molecular weight excluding hydrogens is 289 g/mol. The Bertz CT molecular complexity index is 676. The van der Waals surface area contributed by atoms with E-state index in [4.69, 9.17) is 23.2 Å². The molecular formula is C12H9Cl2N3S. The lowest BCUT2D eigenvalue weighted by molar-refractivity contribution is 0.787. The van der Waals surface area contributed by atoms with E-state index in [0.29, 0.717) is 10.9 Å². The van der Waals surface area contributed by atoms with Crippen LogP contribution in [0.25, 0.3) is 11.0 Å². The van der Waals surface area contributed by atoms with Gasteiger partial charge in [-0.05, 0) is 18.2 Å². The first-order chi connectivity index (χ1) is 8.78. The van der Waals surface area contributed by atoms with Crippen molar-refractivity contribution in [3.63, 3.8) is 0 Å². The molecule has 3 nitrogen and oxygen atoms in total. The van der Waals surface area contributed by atoms with Crippen molar-refractivity contribution in [2.75, 3.05) is 0 Å². The molecule has 1 aromatic carbocycles. The number of thiazole rings is 1. The summed E-state index contributed by atoms with van der Waals surface area (Å²) in [6.07, 6.45) is 1.86. The minimum Gasteiger partial charge on any atom is -0.322 e. The maximum atomic E-state index is 6.04. The number of halogens is 2. The number of fused-ring (bicyclic) bond motifs is 1. The van der Waals surface area contributed by atoms with Crippen LogP contribution >= 0.6 is 34.5 Å². The van der Waals surface area contributed by atoms with Crippen LogP contribution in [0.15, 0.2) is 29.9 Å². The van der Waals surface area contributed by atoms with Crippen LogP contribution in [-0.2, 0) is 12.4 Å². The van der Waals surface area contributed by atoms with Gasteiger partial charge in [0.25, 0.3) is 0 Å². The number of benzene rings is 1. The van der Waals surface area contributed by atoms with Gasteiger partial charge in [0.1, 0.15) is 5.82 Å². The number of nitrogens with zero attached hydrogens (tertiary/aromatic N) is 3. The van der Waals surface area contributed by atoms with Gasteiger partial charge in [-0.3, -0.25) is 4.98 Å². The normalized spacial score (nSPS) is 11.2. The number of hydrogen-bond donors (Lipinski definition) is 0. The molecule has 0 N–H and O–H groups in total. The van der Waals surface area contributed by atoms with Crippen LogP contribution in [0.5, 0.6) is 0 Å². The summed E-state index contributed by atoms with van der Waals surface area (Å²) in [6.45, 7) is 0.726. The lowest BCUT2D eigenvalue weighted by atomic mass is 10.3. The number of hydrogen-bond acceptors (Lipinski definition) is 3. The molecule has 0 atom stereocenters. The standard InChI is InChI=1S/C12H9Cl2N3S/c13-4-12-16-10-2-1-8(14)3-11(10)17(12)6-9-5-15-7-18-9/h1-3,5,7H,4,6H2. The molecule has 92 valence electrons. The first-order valence-corrected chi connectivity index (χ1v) is 7.15. The van der Waals surface area contributed by atoms with Crippen LogP contribution < -0.4 is 0 Å². The van der Waals surface area contributed by atoms with Crippen LogP contribution in [-0.4, -0.2) is 14.5 Å². The molecule has 6 heteroatoms. The summed E-state index contributed by atoms with van der Waals surface area (Å²) in [5, 5.41) is 0.703. The van der Waals surface area contributed by atoms with E-state index >= 15 is 0 Å². The van der Waals surface area contributed by atoms with Crippen molar-refractivity contribution < 1.29 is 0 Å². The zero-order valence-electron chi connectivity index (χ0n) is 9.31. The highest BCUT2D eigenvalue weighted by molar-refractivity contribution is 7.09. The van der Waals surface area contributed by atoms with Crippen molar-refractivity contribution in [1.82, 2.24) is 14.5 Å². The van der Waals surface area contributed by atoms with Gasteiger partial charge in [-0.15, -0.1) is 22.9 Å². The van der Waals surface area contributed by atoms with E-state index < -0.39 is 0 Å². The van der Waals surface area contributed by atoms with Gasteiger partial charge in [0, 0.05) is 16.1 Å². The molecule has 0 unspecified atom stereocenters. The van der Waals surface area contributed by atoms with Gasteiger partial charge in [-0.1, -0.05) is 11.6 Å². The summed E-state index contributed by atoms with van der Waals surface area (Å²) in [5.41, 5.74) is 3.74. The third-order valence-electron chi connectivity index (χ3n) is 2.71. The largest absolute Gasteiger partial charge is 0.322 e. The second kappa shape index (κ2) is 4.88. The van der Waals surface area contributed by atoms with E-state index in [-0.39, 0.29) is 0 Å². The number of aromatic nitrogens is 3. The highest BCUT2D eigenvalue weighted by Gasteiger charge is 2.11. The fraction of sp³-hybridized carbons (Fsp3) is 0.167. The Hall–Kier alpha value is -1.10. The fourth-order valence-electron chi connectivity index (χ4n) is 1.90. The Kier molecular flexibility index (Phi) is 3.24. The summed E-state index contributed by atoms with van der Waals surface area (Å²) < 4.78 is 2.09. The second-order valence-electron chi connectivity index (χ2n) is 3.85. The minimum atomic E-state index is 0.380. The van der Waals surface area contributed by atoms with Gasteiger partial charge in [-0.25, -0.2) is 4.98 Å². The molecule has 0 aliphatic heterocycles. The number of alkyl halides is 1. The second-order valence-corrected chi connectivity index (χ2v) is 5.52. The first kappa shape index (κ1) is 12.0. The van der Waals surface area contributed by atoms with E-state index in [2.05, 4.69) is 14.5 Å². The van der Waals surface area contributed by atoms with Gasteiger partial charge < -0.3 is 4.57 Å². The lowest BCUT2D eigenvalue weighted by Gasteiger charge is -2.05. The van der Waals surface area contributed by atoms with Crippen LogP contribution in [0.1, 0.15) is 10.7 Å². The van der Waals surface area contributed by atoms with E-state index in [9.17, 15) is 0 Å². The van der Waals surface area contributed by atoms with E-state index in [1.165, 1.54) is 4.88 Å². The van der Waals surface area contributed by atoms with Gasteiger partial charge in [0.2, 0.25) is 0 Å². The van der Waals surface area contributed by atoms with E-state index in [1.54, 1.807) is 11.3 Å². The van der Waals surface area contributed by atoms with Gasteiger partial charge in [-0.2, -0.15) is 0 Å². The monoisotopic (exact) mass is 297 g/mol. The maximum absolute atomic E-state index is 6.04. The molecule has 0 spiro atoms. The van der Waals surface area contributed by atoms with Gasteiger partial charge in [0.15, 0.2) is 0 Å². The zero-order chi connectivity index (χ0) is 12.5. The molecule has 18 heavy (non-hydrogen) atoms. The SMILES string of the molecule is ClCc1nc2ccc(Cl)cc2n1Cc1cncs1. The molecule has 0 saturated carbocycles. The van der Waals surface area contributed by atoms with E-state index in [1.807, 2.05) is 29.9 Å². The molecule has 2 heterocycles. The predicted molar refractivity (Wildman–Crippen MR) is 75.5 cm³/mol. The summed E-state index contributed by atoms with van der Waals surface area (Å²) in [7, 11) is 0. The minimum absolute atomic E-state index is 0.380. The summed E-state index contributed by atoms with van der Waals surface area (Å²) >= 11 is 13.6. The molecule has 0 aliphatic carbocycles. The van der Waals surface area contributed by atoms with Crippen LogP contribution in [0.2, 0.25) is 5.02 Å². The fourth-order valence-corrected chi connectivity index (χ4v) is 2.85. The van der Waals surface area contributed by atoms with Crippen molar-refractivity contribution >= 4 is 45.6 Å². The van der Waals surface area contributed by atoms with Crippen molar-refractivity contribution in [3.05, 3.63) is 45.6 Å². The summed E-state index contributed by atoms with van der Waals surface area (Å²) in [4.78, 5) is 9.76. The quantitative estimate of drug-likeness (QED) is 0.686. The molecule has 3 rings (SSSR count). The third-order valence-corrected chi connectivity index (χ3v) is 3.94.